The first kappa shape index (κ1) is 14.1. The molecule has 0 amide bonds. The number of benzene rings is 1. The third-order valence-corrected chi connectivity index (χ3v) is 4.78. The first-order chi connectivity index (χ1) is 10.1. The molecule has 21 heavy (non-hydrogen) atoms. The maximum atomic E-state index is 11.9. The Balaban J connectivity index is 1.74. The highest BCUT2D eigenvalue weighted by molar-refractivity contribution is 5.98. The summed E-state index contributed by atoms with van der Waals surface area (Å²) in [5.41, 5.74) is 0.489. The second kappa shape index (κ2) is 5.51. The van der Waals surface area contributed by atoms with E-state index in [1.54, 1.807) is 12.1 Å². The summed E-state index contributed by atoms with van der Waals surface area (Å²) in [6, 6.07) is 7.05. The molecule has 1 aliphatic heterocycles. The number of ether oxygens (including phenoxy) is 1. The Labute approximate surface area is 124 Å². The summed E-state index contributed by atoms with van der Waals surface area (Å²) >= 11 is 0. The topological polar surface area (TPSA) is 63.6 Å². The molecule has 0 bridgehead atoms. The lowest BCUT2D eigenvalue weighted by atomic mass is 9.67. The third kappa shape index (κ3) is 2.94. The van der Waals surface area contributed by atoms with E-state index in [-0.39, 0.29) is 23.9 Å². The van der Waals surface area contributed by atoms with Crippen LogP contribution >= 0.6 is 0 Å². The van der Waals surface area contributed by atoms with Crippen LogP contribution in [0.15, 0.2) is 24.3 Å². The van der Waals surface area contributed by atoms with Crippen molar-refractivity contribution in [2.75, 3.05) is 0 Å². The van der Waals surface area contributed by atoms with Crippen LogP contribution in [0.1, 0.15) is 44.1 Å². The van der Waals surface area contributed by atoms with E-state index in [1.165, 1.54) is 0 Å². The van der Waals surface area contributed by atoms with Gasteiger partial charge in [-0.1, -0.05) is 18.6 Å². The van der Waals surface area contributed by atoms with Gasteiger partial charge in [0.05, 0.1) is 0 Å². The minimum absolute atomic E-state index is 0.00357. The summed E-state index contributed by atoms with van der Waals surface area (Å²) in [4.78, 5) is 23.6. The molecule has 4 nitrogen and oxygen atoms in total. The number of Topliss-reactive ketones (excluding diaryl/α,β-unsaturated/α-hetero) is 1. The van der Waals surface area contributed by atoms with Crippen LogP contribution < -0.4 is 0 Å². The van der Waals surface area contributed by atoms with Crippen molar-refractivity contribution in [2.24, 2.45) is 5.92 Å². The van der Waals surface area contributed by atoms with Gasteiger partial charge in [0.2, 0.25) is 0 Å². The molecule has 1 heterocycles. The number of ketones is 1. The van der Waals surface area contributed by atoms with Crippen molar-refractivity contribution in [1.29, 1.82) is 0 Å². The second-order valence-corrected chi connectivity index (χ2v) is 6.23. The first-order valence-corrected chi connectivity index (χ1v) is 7.59. The van der Waals surface area contributed by atoms with Gasteiger partial charge in [0.25, 0.3) is 0 Å². The van der Waals surface area contributed by atoms with Gasteiger partial charge in [-0.05, 0) is 49.3 Å². The fourth-order valence-corrected chi connectivity index (χ4v) is 3.38. The van der Waals surface area contributed by atoms with E-state index in [9.17, 15) is 14.7 Å². The van der Waals surface area contributed by atoms with Gasteiger partial charge in [0.1, 0.15) is 23.6 Å². The molecule has 3 rings (SSSR count). The molecule has 2 aliphatic rings. The van der Waals surface area contributed by atoms with Gasteiger partial charge in [-0.25, -0.2) is 0 Å². The van der Waals surface area contributed by atoms with Crippen LogP contribution in [0.4, 0.5) is 0 Å². The summed E-state index contributed by atoms with van der Waals surface area (Å²) in [5, 5.41) is 9.32. The van der Waals surface area contributed by atoms with Crippen molar-refractivity contribution < 1.29 is 19.4 Å². The Bertz CT molecular complexity index is 526. The van der Waals surface area contributed by atoms with Crippen LogP contribution in [0.25, 0.3) is 0 Å². The van der Waals surface area contributed by atoms with Gasteiger partial charge >= 0.3 is 5.97 Å². The number of aryl methyl sites for hydroxylation is 1. The molecule has 1 unspecified atom stereocenters. The Morgan fingerprint density at radius 3 is 2.48 bits per heavy atom. The van der Waals surface area contributed by atoms with Crippen LogP contribution in [-0.4, -0.2) is 22.5 Å². The summed E-state index contributed by atoms with van der Waals surface area (Å²) in [7, 11) is 0. The second-order valence-electron chi connectivity index (χ2n) is 6.23. The third-order valence-electron chi connectivity index (χ3n) is 4.78. The van der Waals surface area contributed by atoms with Crippen molar-refractivity contribution >= 4 is 11.8 Å². The molecule has 1 saturated carbocycles. The Kier molecular flexibility index (Phi) is 3.70. The fourth-order valence-electron chi connectivity index (χ4n) is 3.38. The average molecular weight is 288 g/mol. The lowest BCUT2D eigenvalue weighted by Gasteiger charge is -2.46. The van der Waals surface area contributed by atoms with Crippen molar-refractivity contribution in [3.63, 3.8) is 0 Å². The summed E-state index contributed by atoms with van der Waals surface area (Å²) in [6.45, 7) is 0. The van der Waals surface area contributed by atoms with E-state index in [0.29, 0.717) is 18.8 Å². The molecular formula is C17H20O4. The number of hydrogen-bond donors (Lipinski definition) is 1. The van der Waals surface area contributed by atoms with Gasteiger partial charge in [-0.2, -0.15) is 0 Å². The number of phenols is 1. The molecule has 112 valence electrons. The lowest BCUT2D eigenvalue weighted by Crippen LogP contribution is -2.50. The zero-order valence-corrected chi connectivity index (χ0v) is 12.0. The van der Waals surface area contributed by atoms with Gasteiger partial charge < -0.3 is 9.84 Å². The SMILES string of the molecule is O=C1CC(=O)OC(CCc2ccc(O)cc2)(C2CCC2)C1. The van der Waals surface area contributed by atoms with Gasteiger partial charge in [0.15, 0.2) is 0 Å². The minimum atomic E-state index is -0.595. The Hall–Kier alpha value is -1.84. The zero-order chi connectivity index (χ0) is 14.9. The number of cyclic esters (lactones) is 1. The maximum Gasteiger partial charge on any atom is 0.313 e. The van der Waals surface area contributed by atoms with Crippen LogP contribution in [-0.2, 0) is 20.7 Å². The monoisotopic (exact) mass is 288 g/mol. The van der Waals surface area contributed by atoms with E-state index >= 15 is 0 Å². The molecule has 2 fully saturated rings. The van der Waals surface area contributed by atoms with Crippen molar-refractivity contribution in [2.45, 2.75) is 50.5 Å². The van der Waals surface area contributed by atoms with Crippen molar-refractivity contribution in [3.05, 3.63) is 29.8 Å². The van der Waals surface area contributed by atoms with Crippen LogP contribution in [0.3, 0.4) is 0 Å². The number of carbonyl (C=O) groups is 2. The quantitative estimate of drug-likeness (QED) is 0.683. The van der Waals surface area contributed by atoms with Crippen LogP contribution in [0, 0.1) is 5.92 Å². The van der Waals surface area contributed by atoms with Gasteiger partial charge in [-0.3, -0.25) is 9.59 Å². The van der Waals surface area contributed by atoms with Gasteiger partial charge in [0, 0.05) is 6.42 Å². The van der Waals surface area contributed by atoms with E-state index < -0.39 is 5.60 Å². The highest BCUT2D eigenvalue weighted by atomic mass is 16.6. The Morgan fingerprint density at radius 2 is 1.90 bits per heavy atom. The van der Waals surface area contributed by atoms with E-state index in [4.69, 9.17) is 4.74 Å². The summed E-state index contributed by atoms with van der Waals surface area (Å²) in [6.07, 6.45) is 4.94. The molecule has 0 radical (unpaired) electrons. The standard InChI is InChI=1S/C17H20O4/c18-14-6-4-12(5-7-14)8-9-17(13-2-1-3-13)11-15(19)10-16(20)21-17/h4-7,13,18H,1-3,8-11H2. The lowest BCUT2D eigenvalue weighted by molar-refractivity contribution is -0.183. The van der Waals surface area contributed by atoms with Crippen LogP contribution in [0.5, 0.6) is 5.75 Å². The fraction of sp³-hybridized carbons (Fsp3) is 0.529. The molecule has 1 N–H and O–H groups in total. The molecule has 1 aromatic rings. The van der Waals surface area contributed by atoms with Crippen molar-refractivity contribution in [1.82, 2.24) is 0 Å². The highest BCUT2D eigenvalue weighted by Gasteiger charge is 2.48. The normalized spacial score (nSPS) is 26.3. The largest absolute Gasteiger partial charge is 0.508 e. The number of carbonyl (C=O) groups excluding carboxylic acids is 2. The minimum Gasteiger partial charge on any atom is -0.508 e. The zero-order valence-electron chi connectivity index (χ0n) is 12.0. The van der Waals surface area contributed by atoms with Gasteiger partial charge in [-0.15, -0.1) is 0 Å². The van der Waals surface area contributed by atoms with E-state index in [1.807, 2.05) is 12.1 Å². The number of esters is 1. The number of rotatable bonds is 4. The number of hydrogen-bond acceptors (Lipinski definition) is 4. The maximum absolute atomic E-state index is 11.9. The average Bonchev–Trinajstić information content (AvgIpc) is 2.34. The Morgan fingerprint density at radius 1 is 1.19 bits per heavy atom. The molecule has 1 aliphatic carbocycles. The molecule has 0 aromatic heterocycles. The number of aromatic hydroxyl groups is 1. The smallest absolute Gasteiger partial charge is 0.313 e. The van der Waals surface area contributed by atoms with Crippen LogP contribution in [0.2, 0.25) is 0 Å². The highest BCUT2D eigenvalue weighted by Crippen LogP contribution is 2.45. The van der Waals surface area contributed by atoms with E-state index in [2.05, 4.69) is 0 Å². The molecule has 1 atom stereocenters. The first-order valence-electron chi connectivity index (χ1n) is 7.59. The molecular weight excluding hydrogens is 268 g/mol. The van der Waals surface area contributed by atoms with E-state index in [0.717, 1.165) is 31.2 Å². The molecule has 4 heteroatoms. The summed E-state index contributed by atoms with van der Waals surface area (Å²) in [5.74, 6) is 0.197. The predicted molar refractivity (Wildman–Crippen MR) is 76.8 cm³/mol. The predicted octanol–water partition coefficient (Wildman–Crippen LogP) is 2.77. The molecule has 1 aromatic carbocycles. The molecule has 1 saturated heterocycles. The number of phenolic OH excluding ortho intramolecular Hbond substituents is 1. The summed E-state index contributed by atoms with van der Waals surface area (Å²) < 4.78 is 5.68. The van der Waals surface area contributed by atoms with Crippen molar-refractivity contribution in [3.8, 4) is 5.75 Å². The molecule has 0 spiro atoms.